The molecule has 0 bridgehead atoms. The van der Waals surface area contributed by atoms with Gasteiger partial charge in [-0.1, -0.05) is 12.8 Å². The third-order valence-corrected chi connectivity index (χ3v) is 7.91. The molecule has 1 aromatic carbocycles. The predicted molar refractivity (Wildman–Crippen MR) is 129 cm³/mol. The monoisotopic (exact) mass is 454 g/mol. The van der Waals surface area contributed by atoms with E-state index in [0.717, 1.165) is 56.6 Å². The maximum Gasteiger partial charge on any atom is 0.258 e. The Labute approximate surface area is 189 Å². The van der Waals surface area contributed by atoms with E-state index in [1.54, 1.807) is 12.3 Å². The molecule has 8 nitrogen and oxygen atoms in total. The number of aromatic nitrogens is 2. The minimum Gasteiger partial charge on any atom is -0.368 e. The quantitative estimate of drug-likeness (QED) is 0.731. The van der Waals surface area contributed by atoms with Crippen LogP contribution in [0, 0.1) is 0 Å². The summed E-state index contributed by atoms with van der Waals surface area (Å²) in [6, 6.07) is 8.19. The molecule has 1 saturated heterocycles. The molecule has 1 aromatic heterocycles. The van der Waals surface area contributed by atoms with Crippen LogP contribution in [0.3, 0.4) is 0 Å². The highest BCUT2D eigenvalue weighted by Crippen LogP contribution is 2.36. The molecule has 32 heavy (non-hydrogen) atoms. The molecule has 2 aromatic rings. The standard InChI is InChI=1S/C23H30N6O2S/c1-23(2)16-28(13-12-25-23)19-9-7-18(8-10-19)26-22-24-15-17-11-14-32(30,31)29(21(17)27-22)20-5-3-4-6-20/h7-11,14-15,20,25H,3-6,12-13,16H2,1-2H3,(H,24,26,27). The Kier molecular flexibility index (Phi) is 5.33. The lowest BCUT2D eigenvalue weighted by molar-refractivity contribution is 0.353. The highest BCUT2D eigenvalue weighted by molar-refractivity contribution is 7.95. The van der Waals surface area contributed by atoms with E-state index in [1.165, 1.54) is 15.4 Å². The highest BCUT2D eigenvalue weighted by Gasteiger charge is 2.35. The van der Waals surface area contributed by atoms with Crippen molar-refractivity contribution in [2.75, 3.05) is 34.2 Å². The zero-order valence-corrected chi connectivity index (χ0v) is 19.4. The molecule has 2 N–H and O–H groups in total. The molecule has 0 spiro atoms. The predicted octanol–water partition coefficient (Wildman–Crippen LogP) is 3.47. The first-order chi connectivity index (χ1) is 15.3. The molecular formula is C23H30N6O2S. The van der Waals surface area contributed by atoms with Crippen molar-refractivity contribution in [3.63, 3.8) is 0 Å². The molecule has 9 heteroatoms. The van der Waals surface area contributed by atoms with Crippen molar-refractivity contribution < 1.29 is 8.42 Å². The van der Waals surface area contributed by atoms with Crippen molar-refractivity contribution in [1.82, 2.24) is 15.3 Å². The van der Waals surface area contributed by atoms with Gasteiger partial charge in [0.05, 0.1) is 5.41 Å². The van der Waals surface area contributed by atoms with E-state index in [1.807, 2.05) is 12.1 Å². The van der Waals surface area contributed by atoms with Crippen molar-refractivity contribution in [3.05, 3.63) is 41.4 Å². The SMILES string of the molecule is CC1(C)CN(c2ccc(Nc3ncc4c(n3)N(C3CCCC3)S(=O)(=O)C=C4)cc2)CCN1. The number of benzene rings is 1. The zero-order valence-electron chi connectivity index (χ0n) is 18.6. The molecule has 0 atom stereocenters. The molecule has 0 amide bonds. The summed E-state index contributed by atoms with van der Waals surface area (Å²) < 4.78 is 27.1. The summed E-state index contributed by atoms with van der Waals surface area (Å²) >= 11 is 0. The fourth-order valence-electron chi connectivity index (χ4n) is 4.85. The van der Waals surface area contributed by atoms with Gasteiger partial charge in [0.25, 0.3) is 10.0 Å². The normalized spacial score (nSPS) is 22.1. The zero-order chi connectivity index (χ0) is 22.3. The van der Waals surface area contributed by atoms with Gasteiger partial charge in [-0.25, -0.2) is 17.7 Å². The summed E-state index contributed by atoms with van der Waals surface area (Å²) in [4.78, 5) is 11.4. The maximum atomic E-state index is 12.8. The Morgan fingerprint density at radius 2 is 1.91 bits per heavy atom. The van der Waals surface area contributed by atoms with Crippen LogP contribution in [-0.4, -0.2) is 49.6 Å². The van der Waals surface area contributed by atoms with Crippen LogP contribution in [0.4, 0.5) is 23.1 Å². The summed E-state index contributed by atoms with van der Waals surface area (Å²) in [6.45, 7) is 7.32. The van der Waals surface area contributed by atoms with Gasteiger partial charge in [-0.2, -0.15) is 4.98 Å². The second kappa shape index (κ2) is 8.04. The smallest absolute Gasteiger partial charge is 0.258 e. The number of hydrogen-bond donors (Lipinski definition) is 2. The van der Waals surface area contributed by atoms with E-state index in [-0.39, 0.29) is 11.6 Å². The summed E-state index contributed by atoms with van der Waals surface area (Å²) in [5.41, 5.74) is 2.87. The molecule has 1 aliphatic carbocycles. The van der Waals surface area contributed by atoms with Crippen LogP contribution in [0.25, 0.3) is 6.08 Å². The molecule has 2 fully saturated rings. The van der Waals surface area contributed by atoms with E-state index in [0.29, 0.717) is 11.8 Å². The molecule has 170 valence electrons. The van der Waals surface area contributed by atoms with Gasteiger partial charge in [0, 0.05) is 54.4 Å². The average molecular weight is 455 g/mol. The van der Waals surface area contributed by atoms with Crippen molar-refractivity contribution in [2.45, 2.75) is 51.1 Å². The molecule has 3 heterocycles. The van der Waals surface area contributed by atoms with Crippen LogP contribution in [0.5, 0.6) is 0 Å². The summed E-state index contributed by atoms with van der Waals surface area (Å²) in [5.74, 6) is 0.866. The first-order valence-electron chi connectivity index (χ1n) is 11.3. The Hall–Kier alpha value is -2.65. The Bertz CT molecular complexity index is 1120. The molecule has 0 unspecified atom stereocenters. The summed E-state index contributed by atoms with van der Waals surface area (Å²) in [7, 11) is -3.51. The van der Waals surface area contributed by atoms with Gasteiger partial charge < -0.3 is 15.5 Å². The molecule has 1 saturated carbocycles. The molecule has 0 radical (unpaired) electrons. The molecule has 2 aliphatic heterocycles. The first kappa shape index (κ1) is 21.2. The lowest BCUT2D eigenvalue weighted by Crippen LogP contribution is -2.57. The van der Waals surface area contributed by atoms with Crippen LogP contribution < -0.4 is 19.8 Å². The van der Waals surface area contributed by atoms with Gasteiger partial charge in [-0.15, -0.1) is 0 Å². The lowest BCUT2D eigenvalue weighted by atomic mass is 10.0. The molecule has 5 rings (SSSR count). The van der Waals surface area contributed by atoms with E-state index in [2.05, 4.69) is 51.5 Å². The van der Waals surface area contributed by atoms with Crippen LogP contribution in [0.1, 0.15) is 45.1 Å². The van der Waals surface area contributed by atoms with Crippen molar-refractivity contribution in [3.8, 4) is 0 Å². The van der Waals surface area contributed by atoms with Gasteiger partial charge in [-0.3, -0.25) is 0 Å². The van der Waals surface area contributed by atoms with Gasteiger partial charge in [0.15, 0.2) is 5.82 Å². The number of anilines is 4. The number of piperazine rings is 1. The summed E-state index contributed by atoms with van der Waals surface area (Å²) in [5, 5.41) is 8.04. The van der Waals surface area contributed by atoms with Crippen LogP contribution in [0.15, 0.2) is 35.9 Å². The average Bonchev–Trinajstić information content (AvgIpc) is 3.27. The number of nitrogens with zero attached hydrogens (tertiary/aromatic N) is 4. The first-order valence-corrected chi connectivity index (χ1v) is 12.8. The second-order valence-corrected chi connectivity index (χ2v) is 11.2. The second-order valence-electron chi connectivity index (χ2n) is 9.46. The Balaban J connectivity index is 1.37. The van der Waals surface area contributed by atoms with E-state index in [9.17, 15) is 8.42 Å². The Morgan fingerprint density at radius 1 is 1.16 bits per heavy atom. The van der Waals surface area contributed by atoms with Gasteiger partial charge in [0.2, 0.25) is 5.95 Å². The van der Waals surface area contributed by atoms with Crippen LogP contribution >= 0.6 is 0 Å². The number of fused-ring (bicyclic) bond motifs is 1. The van der Waals surface area contributed by atoms with Crippen LogP contribution in [0.2, 0.25) is 0 Å². The molecular weight excluding hydrogens is 424 g/mol. The van der Waals surface area contributed by atoms with Gasteiger partial charge >= 0.3 is 0 Å². The van der Waals surface area contributed by atoms with E-state index in [4.69, 9.17) is 0 Å². The van der Waals surface area contributed by atoms with Crippen molar-refractivity contribution in [2.24, 2.45) is 0 Å². The minimum absolute atomic E-state index is 0.0333. The maximum absolute atomic E-state index is 12.8. The van der Waals surface area contributed by atoms with Gasteiger partial charge in [-0.05, 0) is 57.0 Å². The van der Waals surface area contributed by atoms with Crippen LogP contribution in [-0.2, 0) is 10.0 Å². The van der Waals surface area contributed by atoms with Crippen molar-refractivity contribution in [1.29, 1.82) is 0 Å². The van der Waals surface area contributed by atoms with Crippen molar-refractivity contribution >= 4 is 39.2 Å². The third kappa shape index (κ3) is 4.19. The fraction of sp³-hybridized carbons (Fsp3) is 0.478. The number of sulfonamides is 1. The van der Waals surface area contributed by atoms with E-state index >= 15 is 0 Å². The Morgan fingerprint density at radius 3 is 2.62 bits per heavy atom. The number of rotatable bonds is 4. The summed E-state index contributed by atoms with van der Waals surface area (Å²) in [6.07, 6.45) is 7.09. The molecule has 3 aliphatic rings. The number of nitrogens with one attached hydrogen (secondary N) is 2. The highest BCUT2D eigenvalue weighted by atomic mass is 32.2. The topological polar surface area (TPSA) is 90.5 Å². The van der Waals surface area contributed by atoms with E-state index < -0.39 is 10.0 Å². The fourth-order valence-corrected chi connectivity index (χ4v) is 6.31. The number of hydrogen-bond acceptors (Lipinski definition) is 7. The largest absolute Gasteiger partial charge is 0.368 e. The lowest BCUT2D eigenvalue weighted by Gasteiger charge is -2.40. The minimum atomic E-state index is -3.51. The third-order valence-electron chi connectivity index (χ3n) is 6.41. The van der Waals surface area contributed by atoms with Gasteiger partial charge in [0.1, 0.15) is 0 Å².